The van der Waals surface area contributed by atoms with Crippen LogP contribution in [-0.4, -0.2) is 90.8 Å². The summed E-state index contributed by atoms with van der Waals surface area (Å²) in [7, 11) is 2.01. The number of quaternary nitrogens is 2. The van der Waals surface area contributed by atoms with Crippen LogP contribution < -0.4 is 0 Å². The van der Waals surface area contributed by atoms with Crippen molar-refractivity contribution in [2.45, 2.75) is 45.3 Å². The molecule has 4 rings (SSSR count). The Bertz CT molecular complexity index is 1550. The minimum absolute atomic E-state index is 0.00127. The molecule has 0 N–H and O–H groups in total. The summed E-state index contributed by atoms with van der Waals surface area (Å²) in [6.45, 7) is 5.23. The van der Waals surface area contributed by atoms with Crippen LogP contribution in [0.15, 0.2) is 78.9 Å². The number of carbonyl (C=O) groups is 2. The molecule has 0 amide bonds. The molecule has 3 aromatic carbocycles. The molecule has 3 aromatic rings. The number of non-ortho nitro benzene ring substituents is 2. The molecule has 1 heterocycles. The van der Waals surface area contributed by atoms with Gasteiger partial charge in [-0.3, -0.25) is 25.0 Å². The molecule has 1 saturated heterocycles. The van der Waals surface area contributed by atoms with Gasteiger partial charge in [-0.25, -0.2) is 4.79 Å². The average molecular weight is 695 g/mol. The standard InChI is InChI=1S/C36H46N4O10/c1-39(26-30-8-4-2-5-9-30,27-31-10-14-33(15-11-31)37(43)44)21-25-48-36(42)50-29-49-35(41)18-23-47-24-22-40(19-6-3-7-20-40)28-32-12-16-34(17-13-32)38(45)46/h2,4-5,8-17H,3,6-7,18-29H2,1H3/q+2. The first-order valence-electron chi connectivity index (χ1n) is 16.8. The van der Waals surface area contributed by atoms with Crippen molar-refractivity contribution in [3.05, 3.63) is 116 Å². The summed E-state index contributed by atoms with van der Waals surface area (Å²) >= 11 is 0. The third kappa shape index (κ3) is 12.5. The SMILES string of the molecule is C[N+](CCOC(=O)OCOC(=O)CCOCC[N+]1(Cc2ccc([N+](=O)[O-])cc2)CCCCC1)(Cc1ccccc1)Cc1ccc([N+](=O)[O-])cc1. The van der Waals surface area contributed by atoms with E-state index in [-0.39, 0.29) is 31.0 Å². The molecule has 1 atom stereocenters. The number of hydrogen-bond donors (Lipinski definition) is 0. The van der Waals surface area contributed by atoms with E-state index in [1.165, 1.54) is 30.7 Å². The van der Waals surface area contributed by atoms with Gasteiger partial charge in [0.15, 0.2) is 0 Å². The summed E-state index contributed by atoms with van der Waals surface area (Å²) in [6.07, 6.45) is 2.43. The first-order chi connectivity index (χ1) is 24.0. The fraction of sp³-hybridized carbons (Fsp3) is 0.444. The van der Waals surface area contributed by atoms with Crippen molar-refractivity contribution in [3.8, 4) is 0 Å². The topological polar surface area (TPSA) is 157 Å². The van der Waals surface area contributed by atoms with E-state index in [4.69, 9.17) is 18.9 Å². The van der Waals surface area contributed by atoms with Crippen molar-refractivity contribution in [2.75, 3.05) is 59.8 Å². The van der Waals surface area contributed by atoms with E-state index in [9.17, 15) is 29.8 Å². The zero-order chi connectivity index (χ0) is 35.8. The van der Waals surface area contributed by atoms with E-state index in [1.54, 1.807) is 12.1 Å². The monoisotopic (exact) mass is 694 g/mol. The first kappa shape index (κ1) is 37.9. The van der Waals surface area contributed by atoms with E-state index in [1.807, 2.05) is 49.5 Å². The number of carbonyl (C=O) groups excluding carboxylic acids is 2. The number of nitro benzene ring substituents is 2. The lowest BCUT2D eigenvalue weighted by atomic mass is 10.0. The summed E-state index contributed by atoms with van der Waals surface area (Å²) < 4.78 is 22.3. The molecule has 1 aliphatic rings. The van der Waals surface area contributed by atoms with Crippen LogP contribution in [0.4, 0.5) is 16.2 Å². The van der Waals surface area contributed by atoms with Gasteiger partial charge in [-0.1, -0.05) is 30.3 Å². The van der Waals surface area contributed by atoms with Crippen LogP contribution in [0.25, 0.3) is 0 Å². The molecule has 14 heteroatoms. The second-order valence-electron chi connectivity index (χ2n) is 13.0. The Balaban J connectivity index is 1.14. The van der Waals surface area contributed by atoms with E-state index in [2.05, 4.69) is 0 Å². The van der Waals surface area contributed by atoms with E-state index < -0.39 is 28.8 Å². The van der Waals surface area contributed by atoms with Crippen molar-refractivity contribution in [1.82, 2.24) is 0 Å². The maximum Gasteiger partial charge on any atom is 0.511 e. The van der Waals surface area contributed by atoms with Gasteiger partial charge < -0.3 is 27.9 Å². The summed E-state index contributed by atoms with van der Waals surface area (Å²) in [6, 6.07) is 23.0. The zero-order valence-corrected chi connectivity index (χ0v) is 28.5. The van der Waals surface area contributed by atoms with Gasteiger partial charge in [-0.05, 0) is 43.5 Å². The van der Waals surface area contributed by atoms with Gasteiger partial charge in [-0.15, -0.1) is 0 Å². The Labute approximate surface area is 291 Å². The number of benzene rings is 3. The highest BCUT2D eigenvalue weighted by Gasteiger charge is 2.30. The largest absolute Gasteiger partial charge is 0.511 e. The number of esters is 1. The van der Waals surface area contributed by atoms with Gasteiger partial charge in [0, 0.05) is 41.0 Å². The van der Waals surface area contributed by atoms with Gasteiger partial charge >= 0.3 is 12.1 Å². The molecule has 0 radical (unpaired) electrons. The predicted octanol–water partition coefficient (Wildman–Crippen LogP) is 5.91. The second kappa shape index (κ2) is 18.7. The number of hydrogen-bond acceptors (Lipinski definition) is 10. The van der Waals surface area contributed by atoms with Crippen LogP contribution in [-0.2, 0) is 43.4 Å². The average Bonchev–Trinajstić information content (AvgIpc) is 3.09. The molecular formula is C36H46N4O10+2. The van der Waals surface area contributed by atoms with Crippen LogP contribution >= 0.6 is 0 Å². The predicted molar refractivity (Wildman–Crippen MR) is 182 cm³/mol. The second-order valence-corrected chi connectivity index (χ2v) is 13.0. The summed E-state index contributed by atoms with van der Waals surface area (Å²) in [5, 5.41) is 22.0. The molecule has 1 aliphatic heterocycles. The summed E-state index contributed by atoms with van der Waals surface area (Å²) in [5.74, 6) is -0.569. The van der Waals surface area contributed by atoms with Gasteiger partial charge in [0.25, 0.3) is 11.4 Å². The van der Waals surface area contributed by atoms with Crippen LogP contribution in [0.3, 0.4) is 0 Å². The Morgan fingerprint density at radius 2 is 1.30 bits per heavy atom. The van der Waals surface area contributed by atoms with Gasteiger partial charge in [-0.2, -0.15) is 0 Å². The minimum Gasteiger partial charge on any atom is -0.428 e. The smallest absolute Gasteiger partial charge is 0.428 e. The maximum absolute atomic E-state index is 12.2. The Hall–Kier alpha value is -4.92. The summed E-state index contributed by atoms with van der Waals surface area (Å²) in [5.41, 5.74) is 3.13. The van der Waals surface area contributed by atoms with Gasteiger partial charge in [0.05, 0.1) is 49.6 Å². The lowest BCUT2D eigenvalue weighted by Crippen LogP contribution is -2.52. The summed E-state index contributed by atoms with van der Waals surface area (Å²) in [4.78, 5) is 45.6. The number of likely N-dealkylation sites (N-methyl/N-ethyl adjacent to an activating group) is 1. The van der Waals surface area contributed by atoms with Crippen molar-refractivity contribution in [1.29, 1.82) is 0 Å². The highest BCUT2D eigenvalue weighted by atomic mass is 16.8. The molecule has 0 aliphatic carbocycles. The quantitative estimate of drug-likeness (QED) is 0.0369. The van der Waals surface area contributed by atoms with Crippen LogP contribution in [0.2, 0.25) is 0 Å². The molecule has 0 bridgehead atoms. The molecule has 1 fully saturated rings. The van der Waals surface area contributed by atoms with Crippen LogP contribution in [0.1, 0.15) is 42.4 Å². The number of rotatable bonds is 19. The number of nitro groups is 2. The molecule has 268 valence electrons. The number of ether oxygens (including phenoxy) is 4. The highest BCUT2D eigenvalue weighted by Crippen LogP contribution is 2.24. The first-order valence-corrected chi connectivity index (χ1v) is 16.8. The molecule has 0 spiro atoms. The van der Waals surface area contributed by atoms with Crippen molar-refractivity contribution < 1.29 is 47.3 Å². The Morgan fingerprint density at radius 1 is 0.720 bits per heavy atom. The minimum atomic E-state index is -0.959. The number of nitrogens with zero attached hydrogens (tertiary/aromatic N) is 4. The maximum atomic E-state index is 12.2. The molecule has 0 aromatic heterocycles. The molecular weight excluding hydrogens is 648 g/mol. The lowest BCUT2D eigenvalue weighted by molar-refractivity contribution is -0.945. The zero-order valence-electron chi connectivity index (χ0n) is 28.5. The Kier molecular flexibility index (Phi) is 14.2. The normalized spacial score (nSPS) is 15.0. The van der Waals surface area contributed by atoms with E-state index in [0.717, 1.165) is 60.2 Å². The lowest BCUT2D eigenvalue weighted by Gasteiger charge is -2.41. The fourth-order valence-corrected chi connectivity index (χ4v) is 6.28. The van der Waals surface area contributed by atoms with Crippen molar-refractivity contribution in [3.63, 3.8) is 0 Å². The van der Waals surface area contributed by atoms with Gasteiger partial charge in [0.2, 0.25) is 6.79 Å². The molecule has 0 saturated carbocycles. The number of piperidine rings is 1. The number of likely N-dealkylation sites (tertiary alicyclic amines) is 1. The van der Waals surface area contributed by atoms with Crippen molar-refractivity contribution >= 4 is 23.5 Å². The molecule has 50 heavy (non-hydrogen) atoms. The van der Waals surface area contributed by atoms with Crippen molar-refractivity contribution in [2.24, 2.45) is 0 Å². The highest BCUT2D eigenvalue weighted by molar-refractivity contribution is 5.69. The van der Waals surface area contributed by atoms with E-state index in [0.29, 0.717) is 30.7 Å². The molecule has 14 nitrogen and oxygen atoms in total. The Morgan fingerprint density at radius 3 is 1.90 bits per heavy atom. The van der Waals surface area contributed by atoms with Crippen LogP contribution in [0.5, 0.6) is 0 Å². The fourth-order valence-electron chi connectivity index (χ4n) is 6.28. The third-order valence-corrected chi connectivity index (χ3v) is 8.96. The molecule has 1 unspecified atom stereocenters. The van der Waals surface area contributed by atoms with Gasteiger partial charge in [0.1, 0.15) is 39.3 Å². The third-order valence-electron chi connectivity index (χ3n) is 8.96. The van der Waals surface area contributed by atoms with E-state index >= 15 is 0 Å². The van der Waals surface area contributed by atoms with Crippen LogP contribution in [0, 0.1) is 20.2 Å².